The van der Waals surface area contributed by atoms with Crippen molar-refractivity contribution >= 4 is 17.8 Å². The maximum Gasteiger partial charge on any atom is 0.416 e. The van der Waals surface area contributed by atoms with Gasteiger partial charge in [0.25, 0.3) is 5.91 Å². The van der Waals surface area contributed by atoms with Crippen LogP contribution in [0.25, 0.3) is 0 Å². The largest absolute Gasteiger partial charge is 0.416 e. The maximum absolute atomic E-state index is 14.2. The number of hydrogen-bond donors (Lipinski definition) is 2. The SMILES string of the molecule is C=CCN1C(=O)N[C@@H](c2ccccc2C(F)(F)F)C2=C1CN([C@H](Cc1ccccc1)C(=O)NCCN1CCOCC1)C2=O. The minimum absolute atomic E-state index is 0.0114. The standard InChI is InChI=1S/C31H34F3N5O4/c1-2-13-38-25-20-39(29(41)26(25)27(36-30(38)42)22-10-6-7-11-23(22)31(32,33)34)24(19-21-8-4-3-5-9-21)28(40)35-12-14-37-15-17-43-18-16-37/h2-11,24,27H,1,12-20H2,(H,35,40)(H,36,42)/t24-,27+/m1/s1. The molecule has 2 atom stereocenters. The number of amides is 4. The number of ether oxygens (including phenoxy) is 1. The fourth-order valence-electron chi connectivity index (χ4n) is 5.79. The average molecular weight is 598 g/mol. The first-order chi connectivity index (χ1) is 20.7. The Morgan fingerprint density at radius 3 is 2.49 bits per heavy atom. The summed E-state index contributed by atoms with van der Waals surface area (Å²) in [5.74, 6) is -0.984. The molecule has 3 heterocycles. The van der Waals surface area contributed by atoms with Crippen LogP contribution in [0.15, 0.2) is 78.5 Å². The molecule has 1 saturated heterocycles. The van der Waals surface area contributed by atoms with Crippen LogP contribution in [-0.4, -0.2) is 91.1 Å². The topological polar surface area (TPSA) is 94.2 Å². The van der Waals surface area contributed by atoms with E-state index in [2.05, 4.69) is 22.1 Å². The molecule has 0 unspecified atom stereocenters. The first kappa shape index (κ1) is 30.3. The summed E-state index contributed by atoms with van der Waals surface area (Å²) in [5, 5.41) is 5.56. The quantitative estimate of drug-likeness (QED) is 0.411. The Morgan fingerprint density at radius 1 is 1.09 bits per heavy atom. The molecule has 2 aromatic carbocycles. The molecule has 0 bridgehead atoms. The molecule has 9 nitrogen and oxygen atoms in total. The minimum atomic E-state index is -4.71. The van der Waals surface area contributed by atoms with Crippen LogP contribution in [0.2, 0.25) is 0 Å². The Kier molecular flexibility index (Phi) is 9.16. The van der Waals surface area contributed by atoms with E-state index in [9.17, 15) is 27.6 Å². The number of morpholine rings is 1. The minimum Gasteiger partial charge on any atom is -0.379 e. The Hall–Kier alpha value is -4.16. The number of nitrogens with one attached hydrogen (secondary N) is 2. The van der Waals surface area contributed by atoms with E-state index < -0.39 is 35.8 Å². The lowest BCUT2D eigenvalue weighted by molar-refractivity contribution is -0.138. The predicted molar refractivity (Wildman–Crippen MR) is 153 cm³/mol. The molecule has 0 aliphatic carbocycles. The van der Waals surface area contributed by atoms with Crippen LogP contribution >= 0.6 is 0 Å². The van der Waals surface area contributed by atoms with Gasteiger partial charge in [-0.2, -0.15) is 13.2 Å². The molecule has 1 fully saturated rings. The molecule has 0 aromatic heterocycles. The number of hydrogen-bond acceptors (Lipinski definition) is 5. The molecule has 12 heteroatoms. The van der Waals surface area contributed by atoms with Crippen molar-refractivity contribution < 1.29 is 32.3 Å². The monoisotopic (exact) mass is 597 g/mol. The number of carbonyl (C=O) groups excluding carboxylic acids is 3. The van der Waals surface area contributed by atoms with E-state index in [1.807, 2.05) is 30.3 Å². The van der Waals surface area contributed by atoms with Gasteiger partial charge in [-0.3, -0.25) is 19.4 Å². The van der Waals surface area contributed by atoms with E-state index in [1.54, 1.807) is 0 Å². The Balaban J connectivity index is 1.47. The lowest BCUT2D eigenvalue weighted by atomic mass is 9.91. The molecule has 43 heavy (non-hydrogen) atoms. The highest BCUT2D eigenvalue weighted by Gasteiger charge is 2.48. The molecule has 0 saturated carbocycles. The Labute approximate surface area is 247 Å². The van der Waals surface area contributed by atoms with E-state index >= 15 is 0 Å². The van der Waals surface area contributed by atoms with Crippen LogP contribution in [0.1, 0.15) is 22.7 Å². The molecule has 3 aliphatic heterocycles. The number of carbonyl (C=O) groups is 3. The Morgan fingerprint density at radius 2 is 1.79 bits per heavy atom. The lowest BCUT2D eigenvalue weighted by Crippen LogP contribution is -2.51. The van der Waals surface area contributed by atoms with Crippen LogP contribution in [0.5, 0.6) is 0 Å². The van der Waals surface area contributed by atoms with Gasteiger partial charge in [0.2, 0.25) is 5.91 Å². The molecule has 5 rings (SSSR count). The zero-order chi connectivity index (χ0) is 30.6. The molecule has 228 valence electrons. The van der Waals surface area contributed by atoms with Crippen molar-refractivity contribution in [2.45, 2.75) is 24.7 Å². The van der Waals surface area contributed by atoms with Crippen molar-refractivity contribution in [3.63, 3.8) is 0 Å². The van der Waals surface area contributed by atoms with E-state index in [4.69, 9.17) is 4.74 Å². The third-order valence-corrected chi connectivity index (χ3v) is 7.92. The second-order valence-electron chi connectivity index (χ2n) is 10.6. The van der Waals surface area contributed by atoms with Crippen molar-refractivity contribution in [3.05, 3.63) is 95.2 Å². The summed E-state index contributed by atoms with van der Waals surface area (Å²) >= 11 is 0. The Bertz CT molecular complexity index is 1390. The zero-order valence-electron chi connectivity index (χ0n) is 23.6. The summed E-state index contributed by atoms with van der Waals surface area (Å²) in [4.78, 5) is 45.9. The highest BCUT2D eigenvalue weighted by molar-refractivity contribution is 6.03. The summed E-state index contributed by atoms with van der Waals surface area (Å²) in [6, 6.07) is 11.1. The first-order valence-corrected chi connectivity index (χ1v) is 14.2. The van der Waals surface area contributed by atoms with Crippen LogP contribution < -0.4 is 10.6 Å². The fraction of sp³-hybridized carbons (Fsp3) is 0.387. The smallest absolute Gasteiger partial charge is 0.379 e. The summed E-state index contributed by atoms with van der Waals surface area (Å²) in [7, 11) is 0. The van der Waals surface area contributed by atoms with E-state index in [1.165, 1.54) is 34.1 Å². The van der Waals surface area contributed by atoms with Crippen molar-refractivity contribution in [3.8, 4) is 0 Å². The maximum atomic E-state index is 14.2. The van der Waals surface area contributed by atoms with Gasteiger partial charge >= 0.3 is 12.2 Å². The molecular weight excluding hydrogens is 563 g/mol. The zero-order valence-corrected chi connectivity index (χ0v) is 23.6. The van der Waals surface area contributed by atoms with Gasteiger partial charge in [-0.15, -0.1) is 6.58 Å². The summed E-state index contributed by atoms with van der Waals surface area (Å²) in [5.41, 5.74) is -0.104. The van der Waals surface area contributed by atoms with E-state index in [0.29, 0.717) is 26.3 Å². The van der Waals surface area contributed by atoms with Gasteiger partial charge in [0.05, 0.1) is 42.6 Å². The van der Waals surface area contributed by atoms with Crippen LogP contribution in [0, 0.1) is 0 Å². The van der Waals surface area contributed by atoms with Crippen molar-refractivity contribution in [2.75, 3.05) is 52.5 Å². The van der Waals surface area contributed by atoms with Gasteiger partial charge in [0.1, 0.15) is 6.04 Å². The predicted octanol–water partition coefficient (Wildman–Crippen LogP) is 3.11. The number of urea groups is 1. The number of halogens is 3. The summed E-state index contributed by atoms with van der Waals surface area (Å²) in [6.45, 7) is 7.32. The number of rotatable bonds is 10. The van der Waals surface area contributed by atoms with Gasteiger partial charge in [0.15, 0.2) is 0 Å². The highest BCUT2D eigenvalue weighted by atomic mass is 19.4. The van der Waals surface area contributed by atoms with E-state index in [-0.39, 0.29) is 42.3 Å². The van der Waals surface area contributed by atoms with Crippen LogP contribution in [0.4, 0.5) is 18.0 Å². The third-order valence-electron chi connectivity index (χ3n) is 7.92. The molecule has 4 amide bonds. The summed E-state index contributed by atoms with van der Waals surface area (Å²) in [6.07, 6.45) is -3.05. The van der Waals surface area contributed by atoms with Crippen molar-refractivity contribution in [1.82, 2.24) is 25.3 Å². The van der Waals surface area contributed by atoms with Gasteiger partial charge < -0.3 is 20.3 Å². The molecule has 2 N–H and O–H groups in total. The second kappa shape index (κ2) is 13.0. The first-order valence-electron chi connectivity index (χ1n) is 14.2. The van der Waals surface area contributed by atoms with E-state index in [0.717, 1.165) is 24.7 Å². The van der Waals surface area contributed by atoms with Crippen LogP contribution in [0.3, 0.4) is 0 Å². The number of benzene rings is 2. The molecule has 0 spiro atoms. The number of alkyl halides is 3. The summed E-state index contributed by atoms with van der Waals surface area (Å²) < 4.78 is 47.5. The molecule has 0 radical (unpaired) electrons. The van der Waals surface area contributed by atoms with Crippen molar-refractivity contribution in [2.24, 2.45) is 0 Å². The third kappa shape index (κ3) is 6.60. The average Bonchev–Trinajstić information content (AvgIpc) is 3.34. The second-order valence-corrected chi connectivity index (χ2v) is 10.6. The number of nitrogens with zero attached hydrogens (tertiary/aromatic N) is 3. The fourth-order valence-corrected chi connectivity index (χ4v) is 5.79. The van der Waals surface area contributed by atoms with Crippen molar-refractivity contribution in [1.29, 1.82) is 0 Å². The van der Waals surface area contributed by atoms with Gasteiger partial charge in [-0.1, -0.05) is 54.6 Å². The van der Waals surface area contributed by atoms with Gasteiger partial charge in [0, 0.05) is 39.1 Å². The highest BCUT2D eigenvalue weighted by Crippen LogP contribution is 2.42. The lowest BCUT2D eigenvalue weighted by Gasteiger charge is -2.33. The normalized spacial score (nSPS) is 20.1. The molecule has 3 aliphatic rings. The molecule has 2 aromatic rings. The van der Waals surface area contributed by atoms with Crippen LogP contribution in [-0.2, 0) is 26.9 Å². The van der Waals surface area contributed by atoms with Gasteiger partial charge in [-0.25, -0.2) is 4.79 Å². The van der Waals surface area contributed by atoms with Gasteiger partial charge in [-0.05, 0) is 17.2 Å². The molecular formula is C31H34F3N5O4.